The van der Waals surface area contributed by atoms with Crippen LogP contribution in [0.5, 0.6) is 0 Å². The van der Waals surface area contributed by atoms with Gasteiger partial charge >= 0.3 is 0 Å². The van der Waals surface area contributed by atoms with E-state index in [9.17, 15) is 8.42 Å². The van der Waals surface area contributed by atoms with E-state index in [-0.39, 0.29) is 11.1 Å². The number of hydrogen-bond acceptors (Lipinski definition) is 2. The highest BCUT2D eigenvalue weighted by atomic mass is 35.5. The topological polar surface area (TPSA) is 34.1 Å². The SMILES string of the molecule is CS(=O)(=O)CCC1=CC(Cl)CCCC1. The number of alkyl halides is 1. The van der Waals surface area contributed by atoms with E-state index in [1.165, 1.54) is 11.8 Å². The standard InChI is InChI=1S/C10H17ClO2S/c1-14(12,13)7-6-9-4-2-3-5-10(11)8-9/h8,10H,2-7H2,1H3. The number of sulfone groups is 1. The molecule has 0 aromatic rings. The molecule has 0 aromatic carbocycles. The van der Waals surface area contributed by atoms with Gasteiger partial charge in [0.25, 0.3) is 0 Å². The Balaban J connectivity index is 2.50. The minimum absolute atomic E-state index is 0.104. The summed E-state index contributed by atoms with van der Waals surface area (Å²) in [5.41, 5.74) is 1.22. The first kappa shape index (κ1) is 12.1. The normalized spacial score (nSPS) is 24.1. The molecule has 1 rings (SSSR count). The number of halogens is 1. The highest BCUT2D eigenvalue weighted by Crippen LogP contribution is 2.23. The van der Waals surface area contributed by atoms with Gasteiger partial charge in [-0.25, -0.2) is 8.42 Å². The molecule has 1 aliphatic rings. The second kappa shape index (κ2) is 5.17. The van der Waals surface area contributed by atoms with Crippen LogP contribution in [0.15, 0.2) is 11.6 Å². The summed E-state index contributed by atoms with van der Waals surface area (Å²) in [6.07, 6.45) is 8.29. The van der Waals surface area contributed by atoms with Gasteiger partial charge in [-0.3, -0.25) is 0 Å². The highest BCUT2D eigenvalue weighted by molar-refractivity contribution is 7.90. The van der Waals surface area contributed by atoms with Crippen molar-refractivity contribution in [2.24, 2.45) is 0 Å². The molecule has 0 spiro atoms. The Morgan fingerprint density at radius 2 is 2.21 bits per heavy atom. The molecule has 0 N–H and O–H groups in total. The van der Waals surface area contributed by atoms with Crippen LogP contribution >= 0.6 is 11.6 Å². The lowest BCUT2D eigenvalue weighted by atomic mass is 10.1. The third-order valence-corrected chi connectivity index (χ3v) is 3.73. The molecule has 1 unspecified atom stereocenters. The van der Waals surface area contributed by atoms with Crippen molar-refractivity contribution >= 4 is 21.4 Å². The van der Waals surface area contributed by atoms with Gasteiger partial charge < -0.3 is 0 Å². The van der Waals surface area contributed by atoms with E-state index in [0.29, 0.717) is 6.42 Å². The molecule has 0 saturated carbocycles. The summed E-state index contributed by atoms with van der Waals surface area (Å²) in [6, 6.07) is 0. The Kier molecular flexibility index (Phi) is 4.45. The third-order valence-electron chi connectivity index (χ3n) is 2.44. The van der Waals surface area contributed by atoms with Gasteiger partial charge in [0.1, 0.15) is 9.84 Å². The van der Waals surface area contributed by atoms with Gasteiger partial charge in [-0.1, -0.05) is 18.1 Å². The van der Waals surface area contributed by atoms with Gasteiger partial charge in [-0.05, 0) is 25.7 Å². The Hall–Kier alpha value is -0.0200. The van der Waals surface area contributed by atoms with Gasteiger partial charge in [0.2, 0.25) is 0 Å². The van der Waals surface area contributed by atoms with Crippen molar-refractivity contribution in [3.05, 3.63) is 11.6 Å². The molecule has 0 aromatic heterocycles. The van der Waals surface area contributed by atoms with Crippen molar-refractivity contribution in [1.29, 1.82) is 0 Å². The quantitative estimate of drug-likeness (QED) is 0.558. The van der Waals surface area contributed by atoms with Crippen LogP contribution in [-0.4, -0.2) is 25.8 Å². The highest BCUT2D eigenvalue weighted by Gasteiger charge is 2.11. The second-order valence-corrected chi connectivity index (χ2v) is 6.79. The van der Waals surface area contributed by atoms with Crippen molar-refractivity contribution in [2.75, 3.05) is 12.0 Å². The van der Waals surface area contributed by atoms with Gasteiger partial charge in [-0.15, -0.1) is 11.6 Å². The molecule has 14 heavy (non-hydrogen) atoms. The smallest absolute Gasteiger partial charge is 0.147 e. The largest absolute Gasteiger partial charge is 0.229 e. The minimum atomic E-state index is -2.84. The maximum Gasteiger partial charge on any atom is 0.147 e. The summed E-state index contributed by atoms with van der Waals surface area (Å²) < 4.78 is 22.0. The molecular formula is C10H17ClO2S. The molecule has 0 saturated heterocycles. The summed E-state index contributed by atoms with van der Waals surface area (Å²) in [7, 11) is -2.84. The Bertz CT molecular complexity index is 306. The zero-order chi connectivity index (χ0) is 10.6. The van der Waals surface area contributed by atoms with E-state index in [1.807, 2.05) is 6.08 Å². The van der Waals surface area contributed by atoms with Crippen molar-refractivity contribution in [3.63, 3.8) is 0 Å². The Morgan fingerprint density at radius 1 is 1.50 bits per heavy atom. The fraction of sp³-hybridized carbons (Fsp3) is 0.800. The first-order valence-corrected chi connectivity index (χ1v) is 7.48. The van der Waals surface area contributed by atoms with Crippen LogP contribution in [0.2, 0.25) is 0 Å². The fourth-order valence-corrected chi connectivity index (χ4v) is 2.60. The van der Waals surface area contributed by atoms with Crippen molar-refractivity contribution in [3.8, 4) is 0 Å². The summed E-state index contributed by atoms with van der Waals surface area (Å²) in [4.78, 5) is 0. The lowest BCUT2D eigenvalue weighted by Crippen LogP contribution is -2.04. The first-order valence-electron chi connectivity index (χ1n) is 4.99. The van der Waals surface area contributed by atoms with Crippen molar-refractivity contribution in [2.45, 2.75) is 37.5 Å². The molecule has 1 aliphatic carbocycles. The molecule has 82 valence electrons. The second-order valence-electron chi connectivity index (χ2n) is 3.97. The van der Waals surface area contributed by atoms with Crippen LogP contribution in [0.1, 0.15) is 32.1 Å². The summed E-state index contributed by atoms with van der Waals surface area (Å²) in [5, 5.41) is 0.104. The van der Waals surface area contributed by atoms with E-state index in [1.54, 1.807) is 0 Å². The molecule has 2 nitrogen and oxygen atoms in total. The molecule has 0 fully saturated rings. The molecule has 4 heteroatoms. The first-order chi connectivity index (χ1) is 6.47. The van der Waals surface area contributed by atoms with E-state index >= 15 is 0 Å². The zero-order valence-electron chi connectivity index (χ0n) is 8.50. The number of rotatable bonds is 3. The lowest BCUT2D eigenvalue weighted by Gasteiger charge is -2.04. The van der Waals surface area contributed by atoms with Crippen LogP contribution in [0.3, 0.4) is 0 Å². The predicted molar refractivity (Wildman–Crippen MR) is 60.5 cm³/mol. The van der Waals surface area contributed by atoms with E-state index in [4.69, 9.17) is 11.6 Å². The number of allylic oxidation sites excluding steroid dienone is 2. The molecule has 0 bridgehead atoms. The average molecular weight is 237 g/mol. The van der Waals surface area contributed by atoms with Gasteiger partial charge in [-0.2, -0.15) is 0 Å². The van der Waals surface area contributed by atoms with Crippen molar-refractivity contribution < 1.29 is 8.42 Å². The molecule has 1 atom stereocenters. The van der Waals surface area contributed by atoms with Crippen LogP contribution in [0.25, 0.3) is 0 Å². The van der Waals surface area contributed by atoms with E-state index in [0.717, 1.165) is 25.7 Å². The van der Waals surface area contributed by atoms with Gasteiger partial charge in [0, 0.05) is 6.26 Å². The monoisotopic (exact) mass is 236 g/mol. The maximum atomic E-state index is 11.0. The summed E-state index contributed by atoms with van der Waals surface area (Å²) in [6.45, 7) is 0. The minimum Gasteiger partial charge on any atom is -0.229 e. The van der Waals surface area contributed by atoms with Crippen LogP contribution in [0, 0.1) is 0 Å². The number of hydrogen-bond donors (Lipinski definition) is 0. The molecular weight excluding hydrogens is 220 g/mol. The fourth-order valence-electron chi connectivity index (χ4n) is 1.64. The van der Waals surface area contributed by atoms with E-state index < -0.39 is 9.84 Å². The van der Waals surface area contributed by atoms with Crippen LogP contribution < -0.4 is 0 Å². The molecule has 0 radical (unpaired) electrons. The molecule has 0 aliphatic heterocycles. The Labute approximate surface area is 91.3 Å². The van der Waals surface area contributed by atoms with E-state index in [2.05, 4.69) is 0 Å². The summed E-state index contributed by atoms with van der Waals surface area (Å²) >= 11 is 6.04. The Morgan fingerprint density at radius 3 is 2.86 bits per heavy atom. The average Bonchev–Trinajstić information content (AvgIpc) is 2.25. The van der Waals surface area contributed by atoms with Crippen molar-refractivity contribution in [1.82, 2.24) is 0 Å². The zero-order valence-corrected chi connectivity index (χ0v) is 10.1. The van der Waals surface area contributed by atoms with Crippen LogP contribution in [-0.2, 0) is 9.84 Å². The molecule has 0 amide bonds. The molecule has 0 heterocycles. The van der Waals surface area contributed by atoms with Crippen LogP contribution in [0.4, 0.5) is 0 Å². The van der Waals surface area contributed by atoms with Gasteiger partial charge in [0.05, 0.1) is 11.1 Å². The third kappa shape index (κ3) is 5.01. The van der Waals surface area contributed by atoms with Gasteiger partial charge in [0.15, 0.2) is 0 Å². The predicted octanol–water partition coefficient (Wildman–Crippen LogP) is 2.53. The lowest BCUT2D eigenvalue weighted by molar-refractivity contribution is 0.600. The maximum absolute atomic E-state index is 11.0. The summed E-state index contributed by atoms with van der Waals surface area (Å²) in [5.74, 6) is 0.252.